The predicted molar refractivity (Wildman–Crippen MR) is 135 cm³/mol. The van der Waals surface area contributed by atoms with Gasteiger partial charge in [0, 0.05) is 18.2 Å². The molecule has 0 radical (unpaired) electrons. The first-order valence-electron chi connectivity index (χ1n) is 13.3. The van der Waals surface area contributed by atoms with Gasteiger partial charge in [0.25, 0.3) is 5.56 Å². The average molecular weight is 463 g/mol. The Balaban J connectivity index is 1.51. The van der Waals surface area contributed by atoms with E-state index in [1.807, 2.05) is 13.0 Å². The zero-order valence-electron chi connectivity index (χ0n) is 20.7. The zero-order chi connectivity index (χ0) is 23.5. The van der Waals surface area contributed by atoms with Gasteiger partial charge in [-0.1, -0.05) is 63.6 Å². The number of benzene rings is 1. The summed E-state index contributed by atoms with van der Waals surface area (Å²) in [5, 5.41) is 14.3. The summed E-state index contributed by atoms with van der Waals surface area (Å²) in [4.78, 5) is 18.9. The Kier molecular flexibility index (Phi) is 7.09. The normalized spacial score (nSPS) is 19.1. The van der Waals surface area contributed by atoms with E-state index in [2.05, 4.69) is 55.2 Å². The Morgan fingerprint density at radius 3 is 2.56 bits per heavy atom. The summed E-state index contributed by atoms with van der Waals surface area (Å²) in [5.74, 6) is 0.980. The van der Waals surface area contributed by atoms with Gasteiger partial charge in [-0.15, -0.1) is 5.10 Å². The maximum atomic E-state index is 13.2. The van der Waals surface area contributed by atoms with Gasteiger partial charge >= 0.3 is 0 Å². The summed E-state index contributed by atoms with van der Waals surface area (Å²) < 4.78 is 2.12. The van der Waals surface area contributed by atoms with Crippen LogP contribution in [-0.2, 0) is 6.54 Å². The fourth-order valence-electron chi connectivity index (χ4n) is 6.22. The van der Waals surface area contributed by atoms with Crippen LogP contribution in [0.2, 0.25) is 0 Å². The van der Waals surface area contributed by atoms with Crippen LogP contribution in [-0.4, -0.2) is 36.1 Å². The molecule has 7 heteroatoms. The lowest BCUT2D eigenvalue weighted by Gasteiger charge is -2.39. The lowest BCUT2D eigenvalue weighted by molar-refractivity contribution is 0.0821. The highest BCUT2D eigenvalue weighted by molar-refractivity contribution is 5.81. The first kappa shape index (κ1) is 23.2. The van der Waals surface area contributed by atoms with E-state index in [1.165, 1.54) is 51.4 Å². The summed E-state index contributed by atoms with van der Waals surface area (Å²) in [5.41, 5.74) is 2.89. The van der Waals surface area contributed by atoms with Crippen molar-refractivity contribution in [2.75, 3.05) is 0 Å². The summed E-state index contributed by atoms with van der Waals surface area (Å²) in [7, 11) is 0. The van der Waals surface area contributed by atoms with E-state index in [1.54, 1.807) is 0 Å². The third-order valence-corrected chi connectivity index (χ3v) is 8.09. The summed E-state index contributed by atoms with van der Waals surface area (Å²) in [6.07, 6.45) is 13.2. The van der Waals surface area contributed by atoms with Crippen LogP contribution in [0.25, 0.3) is 10.9 Å². The minimum Gasteiger partial charge on any atom is -0.321 e. The third kappa shape index (κ3) is 4.67. The molecular weight excluding hydrogens is 424 g/mol. The molecule has 1 atom stereocenters. The maximum absolute atomic E-state index is 13.2. The van der Waals surface area contributed by atoms with Crippen molar-refractivity contribution in [2.45, 2.75) is 109 Å². The molecule has 5 rings (SSSR count). The van der Waals surface area contributed by atoms with Crippen LogP contribution in [0.5, 0.6) is 0 Å². The number of hydrogen-bond acceptors (Lipinski definition) is 5. The van der Waals surface area contributed by atoms with Crippen LogP contribution in [0.3, 0.4) is 0 Å². The number of rotatable bonds is 7. The molecule has 0 amide bonds. The van der Waals surface area contributed by atoms with Crippen molar-refractivity contribution in [3.8, 4) is 0 Å². The molecule has 2 aromatic heterocycles. The highest BCUT2D eigenvalue weighted by Gasteiger charge is 2.33. The van der Waals surface area contributed by atoms with Crippen molar-refractivity contribution in [1.29, 1.82) is 0 Å². The van der Waals surface area contributed by atoms with Crippen molar-refractivity contribution < 1.29 is 0 Å². The smallest absolute Gasteiger partial charge is 0.252 e. The number of hydrogen-bond donors (Lipinski definition) is 1. The Bertz CT molecular complexity index is 1160. The Labute approximate surface area is 201 Å². The molecule has 2 aliphatic rings. The number of H-pyrrole nitrogens is 1. The molecule has 2 fully saturated rings. The molecule has 0 spiro atoms. The van der Waals surface area contributed by atoms with Gasteiger partial charge in [-0.3, -0.25) is 9.69 Å². The number of aryl methyl sites for hydroxylation is 1. The fourth-order valence-corrected chi connectivity index (χ4v) is 6.22. The number of para-hydroxylation sites is 1. The second-order valence-corrected chi connectivity index (χ2v) is 10.3. The van der Waals surface area contributed by atoms with Crippen LogP contribution in [0.15, 0.2) is 29.1 Å². The molecule has 3 aromatic rings. The van der Waals surface area contributed by atoms with E-state index >= 15 is 0 Å². The van der Waals surface area contributed by atoms with Crippen LogP contribution < -0.4 is 5.56 Å². The van der Waals surface area contributed by atoms with Crippen molar-refractivity contribution >= 4 is 10.9 Å². The lowest BCUT2D eigenvalue weighted by Crippen LogP contribution is -2.41. The zero-order valence-corrected chi connectivity index (χ0v) is 20.7. The summed E-state index contributed by atoms with van der Waals surface area (Å²) in [6, 6.07) is 9.24. The second-order valence-electron chi connectivity index (χ2n) is 10.3. The van der Waals surface area contributed by atoms with Crippen LogP contribution in [0.1, 0.15) is 107 Å². The number of fused-ring (bicyclic) bond motifs is 1. The van der Waals surface area contributed by atoms with Gasteiger partial charge in [-0.2, -0.15) is 0 Å². The largest absolute Gasteiger partial charge is 0.321 e. The molecule has 0 unspecified atom stereocenters. The van der Waals surface area contributed by atoms with Gasteiger partial charge in [0.2, 0.25) is 0 Å². The molecule has 1 aromatic carbocycles. The van der Waals surface area contributed by atoms with Crippen molar-refractivity contribution in [3.63, 3.8) is 0 Å². The number of pyridine rings is 1. The van der Waals surface area contributed by atoms with Crippen molar-refractivity contribution in [3.05, 3.63) is 51.6 Å². The van der Waals surface area contributed by atoms with Gasteiger partial charge in [0.1, 0.15) is 0 Å². The van der Waals surface area contributed by atoms with E-state index in [0.717, 1.165) is 47.1 Å². The number of nitrogens with zero attached hydrogens (tertiary/aromatic N) is 5. The second kappa shape index (κ2) is 10.4. The SMILES string of the molecule is CC[C@@H](c1nnnn1C1CCCCC1)N(Cc1cc2cccc(C)c2[nH]c1=O)C1CCCCC1. The monoisotopic (exact) mass is 462 g/mol. The van der Waals surface area contributed by atoms with E-state index in [4.69, 9.17) is 0 Å². The number of aromatic amines is 1. The van der Waals surface area contributed by atoms with E-state index < -0.39 is 0 Å². The minimum absolute atomic E-state index is 0.0179. The first-order chi connectivity index (χ1) is 16.7. The predicted octanol–water partition coefficient (Wildman–Crippen LogP) is 5.61. The Hall–Kier alpha value is -2.54. The Morgan fingerprint density at radius 2 is 1.82 bits per heavy atom. The molecular formula is C27H38N6O. The minimum atomic E-state index is 0.0179. The van der Waals surface area contributed by atoms with Crippen LogP contribution >= 0.6 is 0 Å². The maximum Gasteiger partial charge on any atom is 0.252 e. The average Bonchev–Trinajstić information content (AvgIpc) is 3.35. The molecule has 0 saturated heterocycles. The lowest BCUT2D eigenvalue weighted by atomic mass is 9.91. The molecule has 2 saturated carbocycles. The van der Waals surface area contributed by atoms with Gasteiger partial charge in [-0.05, 0) is 66.5 Å². The molecule has 34 heavy (non-hydrogen) atoms. The molecule has 0 bridgehead atoms. The standard InChI is InChI=1S/C27H38N6O/c1-3-24(26-29-30-31-33(26)23-15-8-5-9-16-23)32(22-13-6-4-7-14-22)18-21-17-20-12-10-11-19(2)25(20)28-27(21)34/h10-12,17,22-24H,3-9,13-16,18H2,1-2H3,(H,28,34)/t24-/m0/s1. The van der Waals surface area contributed by atoms with E-state index in [0.29, 0.717) is 18.6 Å². The topological polar surface area (TPSA) is 79.7 Å². The first-order valence-corrected chi connectivity index (χ1v) is 13.3. The number of aromatic nitrogens is 5. The van der Waals surface area contributed by atoms with Crippen molar-refractivity contribution in [2.24, 2.45) is 0 Å². The number of nitrogens with one attached hydrogen (secondary N) is 1. The van der Waals surface area contributed by atoms with Gasteiger partial charge in [0.15, 0.2) is 5.82 Å². The third-order valence-electron chi connectivity index (χ3n) is 8.09. The quantitative estimate of drug-likeness (QED) is 0.493. The molecule has 1 N–H and O–H groups in total. The highest BCUT2D eigenvalue weighted by atomic mass is 16.1. The van der Waals surface area contributed by atoms with Crippen LogP contribution in [0.4, 0.5) is 0 Å². The van der Waals surface area contributed by atoms with E-state index in [9.17, 15) is 4.79 Å². The molecule has 0 aliphatic heterocycles. The molecule has 182 valence electrons. The summed E-state index contributed by atoms with van der Waals surface area (Å²) >= 11 is 0. The van der Waals surface area contributed by atoms with Crippen LogP contribution in [0, 0.1) is 6.92 Å². The molecule has 2 heterocycles. The summed E-state index contributed by atoms with van der Waals surface area (Å²) in [6.45, 7) is 4.90. The Morgan fingerprint density at radius 1 is 1.09 bits per heavy atom. The molecule has 7 nitrogen and oxygen atoms in total. The van der Waals surface area contributed by atoms with Gasteiger partial charge in [-0.25, -0.2) is 4.68 Å². The number of tetrazole rings is 1. The highest BCUT2D eigenvalue weighted by Crippen LogP contribution is 2.35. The van der Waals surface area contributed by atoms with Crippen molar-refractivity contribution in [1.82, 2.24) is 30.1 Å². The fraction of sp³-hybridized carbons (Fsp3) is 0.630. The van der Waals surface area contributed by atoms with E-state index in [-0.39, 0.29) is 11.6 Å². The molecule has 2 aliphatic carbocycles. The van der Waals surface area contributed by atoms with Gasteiger partial charge in [0.05, 0.1) is 17.6 Å². The van der Waals surface area contributed by atoms with Gasteiger partial charge < -0.3 is 4.98 Å².